The molecule has 0 saturated carbocycles. The van der Waals surface area contributed by atoms with E-state index in [0.29, 0.717) is 48.0 Å². The van der Waals surface area contributed by atoms with Gasteiger partial charge in [-0.25, -0.2) is 9.48 Å². The van der Waals surface area contributed by atoms with E-state index in [1.807, 2.05) is 58.0 Å². The lowest BCUT2D eigenvalue weighted by Crippen LogP contribution is -2.44. The first-order chi connectivity index (χ1) is 19.4. The zero-order chi connectivity index (χ0) is 29.9. The number of aliphatic carboxylic acids is 1. The van der Waals surface area contributed by atoms with E-state index in [0.717, 1.165) is 11.3 Å². The summed E-state index contributed by atoms with van der Waals surface area (Å²) in [4.78, 5) is 39.5. The van der Waals surface area contributed by atoms with Gasteiger partial charge >= 0.3 is 12.0 Å². The van der Waals surface area contributed by atoms with Gasteiger partial charge in [0.1, 0.15) is 5.82 Å². The molecular weight excluding hydrogens is 565 g/mol. The first-order valence-electron chi connectivity index (χ1n) is 13.6. The first kappa shape index (κ1) is 30.4. The van der Waals surface area contributed by atoms with Gasteiger partial charge in [-0.05, 0) is 49.1 Å². The second-order valence-electron chi connectivity index (χ2n) is 11.3. The summed E-state index contributed by atoms with van der Waals surface area (Å²) in [6.07, 6.45) is 1.85. The number of carbonyl (C=O) groups is 3. The Labute approximate surface area is 249 Å². The smallest absolute Gasteiger partial charge is 0.324 e. The second kappa shape index (κ2) is 12.5. The number of nitrogens with zero attached hydrogens (tertiary/aromatic N) is 3. The molecule has 2 aromatic carbocycles. The fourth-order valence-corrected chi connectivity index (χ4v) is 5.25. The van der Waals surface area contributed by atoms with Gasteiger partial charge in [0.25, 0.3) is 0 Å². The first-order valence-corrected chi connectivity index (χ1v) is 14.4. The molecule has 2 heterocycles. The summed E-state index contributed by atoms with van der Waals surface area (Å²) in [5, 5.41) is 20.4. The quantitative estimate of drug-likeness (QED) is 0.272. The maximum atomic E-state index is 13.4. The molecule has 2 atom stereocenters. The van der Waals surface area contributed by atoms with Gasteiger partial charge in [0.15, 0.2) is 0 Å². The highest BCUT2D eigenvalue weighted by Gasteiger charge is 2.32. The Bertz CT molecular complexity index is 1430. The molecule has 218 valence electrons. The molecule has 1 aliphatic rings. The van der Waals surface area contributed by atoms with E-state index in [2.05, 4.69) is 10.6 Å². The van der Waals surface area contributed by atoms with Gasteiger partial charge < -0.3 is 15.3 Å². The monoisotopic (exact) mass is 599 g/mol. The number of halogens is 2. The normalized spacial score (nSPS) is 16.2. The van der Waals surface area contributed by atoms with Crippen LogP contribution in [0.3, 0.4) is 0 Å². The third-order valence-electron chi connectivity index (χ3n) is 7.25. The number of amides is 3. The average Bonchev–Trinajstić information content (AvgIpc) is 3.36. The lowest BCUT2D eigenvalue weighted by Gasteiger charge is -2.33. The van der Waals surface area contributed by atoms with Crippen LogP contribution in [0.15, 0.2) is 48.5 Å². The maximum Gasteiger partial charge on any atom is 0.324 e. The van der Waals surface area contributed by atoms with E-state index in [1.165, 1.54) is 0 Å². The molecule has 2 unspecified atom stereocenters. The standard InChI is InChI=1S/C30H35Cl2N5O4/c1-5-21(27(38)36-15-7-8-19(17-36)28(39)40)18-11-13-20(14-12-18)37-25(16-24(35-37)30(2,3)4)34-29(41)33-23-10-6-9-22(31)26(23)32/h6,9-14,16,19,21H,5,7-8,15,17H2,1-4H3,(H,39,40)(H2,33,34,41). The fraction of sp³-hybridized carbons (Fsp3) is 0.400. The number of nitrogens with one attached hydrogen (secondary N) is 2. The zero-order valence-electron chi connectivity index (χ0n) is 23.6. The van der Waals surface area contributed by atoms with Gasteiger partial charge in [-0.15, -0.1) is 0 Å². The molecule has 1 fully saturated rings. The van der Waals surface area contributed by atoms with Crippen LogP contribution >= 0.6 is 23.2 Å². The molecule has 9 nitrogen and oxygen atoms in total. The minimum Gasteiger partial charge on any atom is -0.481 e. The van der Waals surface area contributed by atoms with Gasteiger partial charge in [-0.1, -0.05) is 69.1 Å². The number of hydrogen-bond donors (Lipinski definition) is 3. The van der Waals surface area contributed by atoms with E-state index in [4.69, 9.17) is 28.3 Å². The molecular formula is C30H35Cl2N5O4. The van der Waals surface area contributed by atoms with Crippen molar-refractivity contribution in [3.05, 3.63) is 69.8 Å². The average molecular weight is 601 g/mol. The molecule has 0 spiro atoms. The highest BCUT2D eigenvalue weighted by molar-refractivity contribution is 6.44. The van der Waals surface area contributed by atoms with Crippen molar-refractivity contribution >= 4 is 52.6 Å². The van der Waals surface area contributed by atoms with Crippen molar-refractivity contribution in [3.63, 3.8) is 0 Å². The summed E-state index contributed by atoms with van der Waals surface area (Å²) in [5.74, 6) is -1.37. The molecule has 0 radical (unpaired) electrons. The van der Waals surface area contributed by atoms with Gasteiger partial charge in [-0.2, -0.15) is 5.10 Å². The molecule has 4 rings (SSSR count). The topological polar surface area (TPSA) is 117 Å². The van der Waals surface area contributed by atoms with Gasteiger partial charge in [-0.3, -0.25) is 14.9 Å². The number of hydrogen-bond acceptors (Lipinski definition) is 4. The Morgan fingerprint density at radius 1 is 1.10 bits per heavy atom. The van der Waals surface area contributed by atoms with Crippen molar-refractivity contribution in [2.75, 3.05) is 23.7 Å². The fourth-order valence-electron chi connectivity index (χ4n) is 4.90. The van der Waals surface area contributed by atoms with Crippen molar-refractivity contribution in [1.82, 2.24) is 14.7 Å². The van der Waals surface area contributed by atoms with Gasteiger partial charge in [0.2, 0.25) is 5.91 Å². The lowest BCUT2D eigenvalue weighted by atomic mass is 9.92. The van der Waals surface area contributed by atoms with E-state index >= 15 is 0 Å². The predicted molar refractivity (Wildman–Crippen MR) is 161 cm³/mol. The zero-order valence-corrected chi connectivity index (χ0v) is 25.1. The SMILES string of the molecule is CCC(C(=O)N1CCCC(C(=O)O)C1)c1ccc(-n2nc(C(C)(C)C)cc2NC(=O)Nc2cccc(Cl)c2Cl)cc1. The maximum absolute atomic E-state index is 13.4. The van der Waals surface area contributed by atoms with Crippen molar-refractivity contribution in [3.8, 4) is 5.69 Å². The van der Waals surface area contributed by atoms with Crippen LogP contribution in [0.5, 0.6) is 0 Å². The molecule has 1 aliphatic heterocycles. The van der Waals surface area contributed by atoms with E-state index in [1.54, 1.807) is 27.8 Å². The number of carboxylic acid groups (broad SMARTS) is 1. The Kier molecular flexibility index (Phi) is 9.29. The molecule has 3 aromatic rings. The van der Waals surface area contributed by atoms with Crippen LogP contribution in [-0.2, 0) is 15.0 Å². The van der Waals surface area contributed by atoms with Gasteiger partial charge in [0, 0.05) is 24.6 Å². The van der Waals surface area contributed by atoms with Gasteiger partial charge in [0.05, 0.1) is 38.9 Å². The Morgan fingerprint density at radius 3 is 2.44 bits per heavy atom. The van der Waals surface area contributed by atoms with Crippen molar-refractivity contribution in [2.24, 2.45) is 5.92 Å². The molecule has 41 heavy (non-hydrogen) atoms. The summed E-state index contributed by atoms with van der Waals surface area (Å²) >= 11 is 12.3. The summed E-state index contributed by atoms with van der Waals surface area (Å²) in [5.41, 5.74) is 2.41. The number of carbonyl (C=O) groups excluding carboxylic acids is 2. The van der Waals surface area contributed by atoms with E-state index in [-0.39, 0.29) is 28.8 Å². The Morgan fingerprint density at radius 2 is 1.80 bits per heavy atom. The Balaban J connectivity index is 1.57. The molecule has 3 N–H and O–H groups in total. The number of piperidine rings is 1. The van der Waals surface area contributed by atoms with Crippen LogP contribution in [0.4, 0.5) is 16.3 Å². The van der Waals surface area contributed by atoms with Crippen LogP contribution in [-0.4, -0.2) is 50.8 Å². The summed E-state index contributed by atoms with van der Waals surface area (Å²) < 4.78 is 1.65. The number of likely N-dealkylation sites (tertiary alicyclic amines) is 1. The number of benzene rings is 2. The number of rotatable bonds is 7. The molecule has 3 amide bonds. The highest BCUT2D eigenvalue weighted by atomic mass is 35.5. The van der Waals surface area contributed by atoms with E-state index < -0.39 is 17.9 Å². The molecule has 11 heteroatoms. The van der Waals surface area contributed by atoms with Crippen LogP contribution in [0.25, 0.3) is 5.69 Å². The number of carboxylic acids is 1. The van der Waals surface area contributed by atoms with E-state index in [9.17, 15) is 19.5 Å². The van der Waals surface area contributed by atoms with Crippen LogP contribution in [0.2, 0.25) is 10.0 Å². The minimum atomic E-state index is -0.859. The molecule has 1 saturated heterocycles. The highest BCUT2D eigenvalue weighted by Crippen LogP contribution is 2.31. The third-order valence-corrected chi connectivity index (χ3v) is 8.07. The molecule has 1 aromatic heterocycles. The number of urea groups is 1. The lowest BCUT2D eigenvalue weighted by molar-refractivity contribution is -0.146. The second-order valence-corrected chi connectivity index (χ2v) is 12.1. The number of aromatic nitrogens is 2. The van der Waals surface area contributed by atoms with Crippen LogP contribution < -0.4 is 10.6 Å². The summed E-state index contributed by atoms with van der Waals surface area (Å²) in [6.45, 7) is 8.85. The summed E-state index contributed by atoms with van der Waals surface area (Å²) in [6, 6.07) is 13.8. The largest absolute Gasteiger partial charge is 0.481 e. The third kappa shape index (κ3) is 7.02. The predicted octanol–water partition coefficient (Wildman–Crippen LogP) is 6.94. The van der Waals surface area contributed by atoms with Crippen LogP contribution in [0.1, 0.15) is 64.1 Å². The molecule has 0 aliphatic carbocycles. The summed E-state index contributed by atoms with van der Waals surface area (Å²) in [7, 11) is 0. The minimum absolute atomic E-state index is 0.0565. The van der Waals surface area contributed by atoms with Crippen molar-refractivity contribution < 1.29 is 19.5 Å². The number of anilines is 2. The Hall–Kier alpha value is -3.56. The van der Waals surface area contributed by atoms with Crippen molar-refractivity contribution in [1.29, 1.82) is 0 Å². The van der Waals surface area contributed by atoms with Crippen molar-refractivity contribution in [2.45, 2.75) is 58.3 Å². The van der Waals surface area contributed by atoms with Crippen LogP contribution in [0, 0.1) is 5.92 Å². The molecule has 0 bridgehead atoms.